The number of para-hydroxylation sites is 1. The lowest BCUT2D eigenvalue weighted by Gasteiger charge is -2.32. The van der Waals surface area contributed by atoms with Crippen LogP contribution in [0.25, 0.3) is 33.6 Å². The fourth-order valence-corrected chi connectivity index (χ4v) is 4.75. The fourth-order valence-electron chi connectivity index (χ4n) is 4.75. The van der Waals surface area contributed by atoms with Crippen molar-refractivity contribution < 1.29 is 14.2 Å². The number of anilines is 1. The number of nitrogens with zero attached hydrogens (tertiary/aromatic N) is 2. The minimum Gasteiger partial charge on any atom is -0.508 e. The molecule has 5 heteroatoms. The summed E-state index contributed by atoms with van der Waals surface area (Å²) in [5, 5.41) is 9.85. The number of phenols is 1. The summed E-state index contributed by atoms with van der Waals surface area (Å²) >= 11 is 0. The number of aromatic hydroxyl groups is 1. The van der Waals surface area contributed by atoms with E-state index in [-0.39, 0.29) is 11.6 Å². The molecule has 0 bridgehead atoms. The van der Waals surface area contributed by atoms with E-state index in [4.69, 9.17) is 9.72 Å². The van der Waals surface area contributed by atoms with Gasteiger partial charge in [-0.2, -0.15) is 0 Å². The largest absolute Gasteiger partial charge is 0.508 e. The van der Waals surface area contributed by atoms with E-state index in [1.54, 1.807) is 24.3 Å². The normalized spacial score (nSPS) is 13.6. The van der Waals surface area contributed by atoms with Gasteiger partial charge >= 0.3 is 0 Å². The number of halogens is 1. The molecule has 4 aromatic rings. The highest BCUT2D eigenvalue weighted by Crippen LogP contribution is 2.43. The van der Waals surface area contributed by atoms with Gasteiger partial charge in [0.25, 0.3) is 0 Å². The molecule has 0 amide bonds. The third kappa shape index (κ3) is 4.85. The highest BCUT2D eigenvalue weighted by Gasteiger charge is 2.23. The Morgan fingerprint density at radius 1 is 0.829 bits per heavy atom. The quantitative estimate of drug-likeness (QED) is 0.322. The van der Waals surface area contributed by atoms with Crippen LogP contribution in [0, 0.1) is 5.82 Å². The second-order valence-electron chi connectivity index (χ2n) is 8.78. The third-order valence-corrected chi connectivity index (χ3v) is 6.44. The Hall–Kier alpha value is -3.86. The summed E-state index contributed by atoms with van der Waals surface area (Å²) < 4.78 is 19.7. The Balaban J connectivity index is 1.73. The fraction of sp³-hybridized carbons (Fsp3) is 0.233. The van der Waals surface area contributed by atoms with Crippen LogP contribution in [0.4, 0.5) is 10.1 Å². The first-order chi connectivity index (χ1) is 17.1. The lowest BCUT2D eigenvalue weighted by Crippen LogP contribution is -2.30. The predicted octanol–water partition coefficient (Wildman–Crippen LogP) is 7.32. The molecule has 1 aliphatic heterocycles. The first-order valence-electron chi connectivity index (χ1n) is 12.2. The summed E-state index contributed by atoms with van der Waals surface area (Å²) in [7, 11) is 0. The van der Waals surface area contributed by atoms with E-state index in [1.807, 2.05) is 37.3 Å². The molecule has 0 radical (unpaired) electrons. The summed E-state index contributed by atoms with van der Waals surface area (Å²) in [4.78, 5) is 7.54. The third-order valence-electron chi connectivity index (χ3n) is 6.44. The Morgan fingerprint density at radius 2 is 1.54 bits per heavy atom. The highest BCUT2D eigenvalue weighted by atomic mass is 19.1. The van der Waals surface area contributed by atoms with Gasteiger partial charge in [-0.25, -0.2) is 9.37 Å². The minimum absolute atomic E-state index is 0.221. The maximum atomic E-state index is 13.6. The van der Waals surface area contributed by atoms with Gasteiger partial charge in [-0.1, -0.05) is 30.3 Å². The van der Waals surface area contributed by atoms with Gasteiger partial charge in [0.1, 0.15) is 17.3 Å². The number of piperidine rings is 1. The van der Waals surface area contributed by atoms with E-state index in [2.05, 4.69) is 17.0 Å². The Kier molecular flexibility index (Phi) is 6.66. The summed E-state index contributed by atoms with van der Waals surface area (Å²) in [6, 6.07) is 23.8. The van der Waals surface area contributed by atoms with Crippen LogP contribution in [-0.2, 0) is 0 Å². The Labute approximate surface area is 205 Å². The SMILES string of the molecule is CCOc1cccc(-c2nc(-c3ccc(F)cc3)ccc2-c2ccc(O)cc2)c1N1CCCCC1. The zero-order valence-electron chi connectivity index (χ0n) is 19.9. The second kappa shape index (κ2) is 10.2. The topological polar surface area (TPSA) is 45.6 Å². The zero-order valence-corrected chi connectivity index (χ0v) is 19.9. The van der Waals surface area contributed by atoms with Crippen LogP contribution in [0.1, 0.15) is 26.2 Å². The molecule has 1 fully saturated rings. The smallest absolute Gasteiger partial charge is 0.143 e. The van der Waals surface area contributed by atoms with Gasteiger partial charge in [-0.15, -0.1) is 0 Å². The van der Waals surface area contributed by atoms with Crippen molar-refractivity contribution in [3.8, 4) is 45.1 Å². The number of benzene rings is 3. The lowest BCUT2D eigenvalue weighted by molar-refractivity contribution is 0.340. The zero-order chi connectivity index (χ0) is 24.2. The van der Waals surface area contributed by atoms with E-state index in [0.717, 1.165) is 71.0 Å². The molecule has 2 heterocycles. The average Bonchev–Trinajstić information content (AvgIpc) is 2.90. The van der Waals surface area contributed by atoms with Crippen molar-refractivity contribution in [2.75, 3.05) is 24.6 Å². The summed E-state index contributed by atoms with van der Waals surface area (Å²) in [5.41, 5.74) is 6.45. The Morgan fingerprint density at radius 3 is 2.26 bits per heavy atom. The van der Waals surface area contributed by atoms with E-state index in [0.29, 0.717) is 6.61 Å². The molecule has 0 spiro atoms. The number of hydrogen-bond donors (Lipinski definition) is 1. The van der Waals surface area contributed by atoms with Crippen LogP contribution in [0.3, 0.4) is 0 Å². The summed E-state index contributed by atoms with van der Waals surface area (Å²) in [6.07, 6.45) is 3.53. The molecular formula is C30H29FN2O2. The highest BCUT2D eigenvalue weighted by molar-refractivity contribution is 5.91. The standard InChI is InChI=1S/C30H29FN2O2/c1-2-35-28-8-6-7-26(30(28)33-19-4-3-5-20-33)29-25(21-11-15-24(34)16-12-21)17-18-27(32-29)22-9-13-23(31)14-10-22/h6-18,34H,2-5,19-20H2,1H3. The molecule has 5 rings (SSSR count). The van der Waals surface area contributed by atoms with Crippen LogP contribution in [-0.4, -0.2) is 29.8 Å². The van der Waals surface area contributed by atoms with Gasteiger partial charge in [0.2, 0.25) is 0 Å². The molecule has 1 N–H and O–H groups in total. The van der Waals surface area contributed by atoms with Crippen LogP contribution >= 0.6 is 0 Å². The lowest BCUT2D eigenvalue weighted by atomic mass is 9.95. The molecule has 1 aromatic heterocycles. The number of pyridine rings is 1. The number of ether oxygens (including phenoxy) is 1. The van der Waals surface area contributed by atoms with Gasteiger partial charge in [-0.3, -0.25) is 0 Å². The van der Waals surface area contributed by atoms with Crippen molar-refractivity contribution in [1.82, 2.24) is 4.98 Å². The minimum atomic E-state index is -0.272. The van der Waals surface area contributed by atoms with Gasteiger partial charge in [0.15, 0.2) is 0 Å². The van der Waals surface area contributed by atoms with Gasteiger partial charge in [0.05, 0.1) is 23.7 Å². The number of aromatic nitrogens is 1. The summed E-state index contributed by atoms with van der Waals surface area (Å²) in [6.45, 7) is 4.53. The molecule has 1 saturated heterocycles. The maximum Gasteiger partial charge on any atom is 0.143 e. The number of phenolic OH excluding ortho intramolecular Hbond substituents is 1. The van der Waals surface area contributed by atoms with Crippen LogP contribution < -0.4 is 9.64 Å². The van der Waals surface area contributed by atoms with Gasteiger partial charge in [-0.05, 0) is 80.3 Å². The molecule has 1 aliphatic rings. The molecule has 35 heavy (non-hydrogen) atoms. The van der Waals surface area contributed by atoms with Crippen LogP contribution in [0.5, 0.6) is 11.5 Å². The molecular weight excluding hydrogens is 439 g/mol. The molecule has 4 nitrogen and oxygen atoms in total. The summed E-state index contributed by atoms with van der Waals surface area (Å²) in [5.74, 6) is 0.808. The van der Waals surface area contributed by atoms with Crippen molar-refractivity contribution in [2.24, 2.45) is 0 Å². The first-order valence-corrected chi connectivity index (χ1v) is 12.2. The maximum absolute atomic E-state index is 13.6. The first kappa shape index (κ1) is 22.9. The van der Waals surface area contributed by atoms with Crippen molar-refractivity contribution >= 4 is 5.69 Å². The molecule has 0 saturated carbocycles. The molecule has 3 aromatic carbocycles. The van der Waals surface area contributed by atoms with Crippen LogP contribution in [0.2, 0.25) is 0 Å². The van der Waals surface area contributed by atoms with Crippen molar-refractivity contribution in [3.63, 3.8) is 0 Å². The second-order valence-corrected chi connectivity index (χ2v) is 8.78. The van der Waals surface area contributed by atoms with Gasteiger partial charge < -0.3 is 14.7 Å². The van der Waals surface area contributed by atoms with Crippen molar-refractivity contribution in [3.05, 3.63) is 84.7 Å². The monoisotopic (exact) mass is 468 g/mol. The number of rotatable bonds is 6. The molecule has 0 aliphatic carbocycles. The van der Waals surface area contributed by atoms with Crippen LogP contribution in [0.15, 0.2) is 78.9 Å². The molecule has 0 atom stereocenters. The van der Waals surface area contributed by atoms with E-state index in [9.17, 15) is 9.50 Å². The number of hydrogen-bond acceptors (Lipinski definition) is 4. The molecule has 178 valence electrons. The van der Waals surface area contributed by atoms with Crippen molar-refractivity contribution in [2.45, 2.75) is 26.2 Å². The van der Waals surface area contributed by atoms with Crippen molar-refractivity contribution in [1.29, 1.82) is 0 Å². The van der Waals surface area contributed by atoms with E-state index in [1.165, 1.54) is 18.6 Å². The molecule has 0 unspecified atom stereocenters. The Bertz CT molecular complexity index is 1300. The average molecular weight is 469 g/mol. The van der Waals surface area contributed by atoms with E-state index >= 15 is 0 Å². The predicted molar refractivity (Wildman–Crippen MR) is 139 cm³/mol. The van der Waals surface area contributed by atoms with E-state index < -0.39 is 0 Å². The van der Waals surface area contributed by atoms with Gasteiger partial charge in [0, 0.05) is 29.8 Å².